The molecule has 2 N–H and O–H groups in total. The first kappa shape index (κ1) is 29.8. The summed E-state index contributed by atoms with van der Waals surface area (Å²) in [6, 6.07) is 9.32. The summed E-state index contributed by atoms with van der Waals surface area (Å²) in [6.45, 7) is 6.76. The van der Waals surface area contributed by atoms with Crippen molar-refractivity contribution in [2.24, 2.45) is 0 Å². The molecular formula is C29H33F3N6O3S. The summed E-state index contributed by atoms with van der Waals surface area (Å²) in [5.41, 5.74) is 2.11. The van der Waals surface area contributed by atoms with Crippen molar-refractivity contribution in [2.75, 3.05) is 44.2 Å². The van der Waals surface area contributed by atoms with Gasteiger partial charge in [0.25, 0.3) is 11.8 Å². The number of carbonyl (C=O) groups is 2. The van der Waals surface area contributed by atoms with E-state index in [1.165, 1.54) is 6.07 Å². The first-order valence-electron chi connectivity index (χ1n) is 14.0. The maximum Gasteiger partial charge on any atom is 0.425 e. The number of ether oxygens (including phenoxy) is 1. The molecule has 0 radical (unpaired) electrons. The molecule has 2 atom stereocenters. The van der Waals surface area contributed by atoms with Crippen molar-refractivity contribution >= 4 is 28.8 Å². The number of halogens is 3. The molecular weight excluding hydrogens is 569 g/mol. The molecule has 0 aliphatic carbocycles. The molecule has 3 aromatic heterocycles. The summed E-state index contributed by atoms with van der Waals surface area (Å²) < 4.78 is 45.1. The Hall–Kier alpha value is -3.71. The Labute approximate surface area is 246 Å². The van der Waals surface area contributed by atoms with E-state index < -0.39 is 17.0 Å². The van der Waals surface area contributed by atoms with Gasteiger partial charge < -0.3 is 25.2 Å². The number of nitrogens with one attached hydrogen (secondary N) is 2. The zero-order valence-corrected chi connectivity index (χ0v) is 24.2. The topological polar surface area (TPSA) is 99.7 Å². The standard InChI is InChI=1S/C29H33F3N6O3S/c1-3-19-17-37(28(40)23-9-10-24(42-23)29(30,31)32)14-15-38(19)22-8-7-21(20-6-5-12-34-27(20)41-4-2)36-25(22)26(39)35-18-11-13-33-16-18/h5-10,12,18-19,33H,3-4,11,13-17H2,1-2H3,(H,35,39)/t18-,19-/m1/s1. The van der Waals surface area contributed by atoms with Gasteiger partial charge in [-0.3, -0.25) is 9.59 Å². The minimum atomic E-state index is -4.49. The van der Waals surface area contributed by atoms with Crippen LogP contribution >= 0.6 is 11.3 Å². The van der Waals surface area contributed by atoms with Gasteiger partial charge >= 0.3 is 6.18 Å². The molecule has 5 rings (SSSR count). The summed E-state index contributed by atoms with van der Waals surface area (Å²) in [5.74, 6) is -0.296. The fourth-order valence-corrected chi connectivity index (χ4v) is 6.18. The molecule has 13 heteroatoms. The molecule has 0 spiro atoms. The molecule has 0 unspecified atom stereocenters. The van der Waals surface area contributed by atoms with Crippen LogP contribution in [0.5, 0.6) is 5.88 Å². The van der Waals surface area contributed by atoms with E-state index in [0.29, 0.717) is 73.4 Å². The highest BCUT2D eigenvalue weighted by atomic mass is 32.1. The maximum atomic E-state index is 13.7. The van der Waals surface area contributed by atoms with Crippen molar-refractivity contribution in [1.29, 1.82) is 0 Å². The zero-order valence-electron chi connectivity index (χ0n) is 23.4. The van der Waals surface area contributed by atoms with Gasteiger partial charge in [-0.05, 0) is 62.7 Å². The lowest BCUT2D eigenvalue weighted by Crippen LogP contribution is -2.55. The number of rotatable bonds is 8. The second-order valence-corrected chi connectivity index (χ2v) is 11.3. The lowest BCUT2D eigenvalue weighted by molar-refractivity contribution is -0.134. The van der Waals surface area contributed by atoms with E-state index >= 15 is 0 Å². The van der Waals surface area contributed by atoms with E-state index in [0.717, 1.165) is 19.0 Å². The van der Waals surface area contributed by atoms with Crippen molar-refractivity contribution in [2.45, 2.75) is 44.9 Å². The third-order valence-corrected chi connectivity index (χ3v) is 8.58. The lowest BCUT2D eigenvalue weighted by atomic mass is 10.1. The summed E-state index contributed by atoms with van der Waals surface area (Å²) in [7, 11) is 0. The molecule has 2 amide bonds. The van der Waals surface area contributed by atoms with Crippen molar-refractivity contribution in [3.8, 4) is 17.1 Å². The van der Waals surface area contributed by atoms with Crippen molar-refractivity contribution in [3.05, 3.63) is 58.0 Å². The second kappa shape index (κ2) is 12.7. The predicted molar refractivity (Wildman–Crippen MR) is 154 cm³/mol. The monoisotopic (exact) mass is 602 g/mol. The molecule has 2 aliphatic rings. The van der Waals surface area contributed by atoms with E-state index in [9.17, 15) is 22.8 Å². The Kier molecular flexibility index (Phi) is 8.97. The second-order valence-electron chi connectivity index (χ2n) is 10.2. The highest BCUT2D eigenvalue weighted by molar-refractivity contribution is 7.14. The number of aromatic nitrogens is 2. The Morgan fingerprint density at radius 2 is 2.00 bits per heavy atom. The number of thiophene rings is 1. The molecule has 2 aliphatic heterocycles. The molecule has 0 bridgehead atoms. The Morgan fingerprint density at radius 3 is 2.69 bits per heavy atom. The number of piperazine rings is 1. The Bertz CT molecular complexity index is 1430. The summed E-state index contributed by atoms with van der Waals surface area (Å²) in [5, 5.41) is 6.35. The third-order valence-electron chi connectivity index (χ3n) is 7.46. The van der Waals surface area contributed by atoms with Crippen LogP contribution in [0.1, 0.15) is 51.7 Å². The van der Waals surface area contributed by atoms with Gasteiger partial charge in [-0.1, -0.05) is 6.92 Å². The van der Waals surface area contributed by atoms with E-state index in [1.807, 2.05) is 32.0 Å². The average Bonchev–Trinajstić information content (AvgIpc) is 3.70. The molecule has 42 heavy (non-hydrogen) atoms. The smallest absolute Gasteiger partial charge is 0.425 e. The zero-order chi connectivity index (χ0) is 29.9. The molecule has 2 saturated heterocycles. The summed E-state index contributed by atoms with van der Waals surface area (Å²) >= 11 is 0.460. The number of nitrogens with zero attached hydrogens (tertiary/aromatic N) is 4. The molecule has 0 saturated carbocycles. The van der Waals surface area contributed by atoms with Crippen molar-refractivity contribution in [1.82, 2.24) is 25.5 Å². The minimum absolute atomic E-state index is 0.0167. The Balaban J connectivity index is 1.44. The van der Waals surface area contributed by atoms with Gasteiger partial charge in [0.05, 0.1) is 28.4 Å². The van der Waals surface area contributed by atoms with Crippen LogP contribution in [-0.2, 0) is 6.18 Å². The lowest BCUT2D eigenvalue weighted by Gasteiger charge is -2.43. The molecule has 3 aromatic rings. The van der Waals surface area contributed by atoms with Gasteiger partial charge in [0.1, 0.15) is 4.88 Å². The van der Waals surface area contributed by atoms with Gasteiger partial charge in [0.2, 0.25) is 5.88 Å². The fourth-order valence-electron chi connectivity index (χ4n) is 5.34. The highest BCUT2D eigenvalue weighted by Gasteiger charge is 2.36. The number of amides is 2. The third kappa shape index (κ3) is 6.36. The normalized spacial score (nSPS) is 19.2. The quantitative estimate of drug-likeness (QED) is 0.393. The highest BCUT2D eigenvalue weighted by Crippen LogP contribution is 2.36. The van der Waals surface area contributed by atoms with Gasteiger partial charge in [0, 0.05) is 44.5 Å². The van der Waals surface area contributed by atoms with Crippen LogP contribution in [0.4, 0.5) is 18.9 Å². The van der Waals surface area contributed by atoms with E-state index in [4.69, 9.17) is 9.72 Å². The summed E-state index contributed by atoms with van der Waals surface area (Å²) in [4.78, 5) is 38.9. The van der Waals surface area contributed by atoms with Crippen LogP contribution in [0.3, 0.4) is 0 Å². The van der Waals surface area contributed by atoms with Crippen LogP contribution < -0.4 is 20.3 Å². The van der Waals surface area contributed by atoms with Gasteiger partial charge in [0.15, 0.2) is 5.69 Å². The fraction of sp³-hybridized carbons (Fsp3) is 0.448. The average molecular weight is 603 g/mol. The van der Waals surface area contributed by atoms with Crippen LogP contribution in [0.2, 0.25) is 0 Å². The van der Waals surface area contributed by atoms with Gasteiger partial charge in [-0.25, -0.2) is 9.97 Å². The Morgan fingerprint density at radius 1 is 1.17 bits per heavy atom. The van der Waals surface area contributed by atoms with Crippen LogP contribution in [0.25, 0.3) is 11.3 Å². The molecule has 2 fully saturated rings. The predicted octanol–water partition coefficient (Wildman–Crippen LogP) is 4.46. The van der Waals surface area contributed by atoms with Gasteiger partial charge in [-0.15, -0.1) is 11.3 Å². The number of alkyl halides is 3. The number of hydrogen-bond donors (Lipinski definition) is 2. The SMILES string of the molecule is CCOc1ncccc1-c1ccc(N2CCN(C(=O)c3ccc(C(F)(F)F)s3)C[C@H]2CC)c(C(=O)N[C@@H]2CCNC2)n1. The molecule has 9 nitrogen and oxygen atoms in total. The number of hydrogen-bond acceptors (Lipinski definition) is 8. The van der Waals surface area contributed by atoms with Crippen LogP contribution in [0.15, 0.2) is 42.6 Å². The van der Waals surface area contributed by atoms with Crippen LogP contribution in [-0.4, -0.2) is 78.1 Å². The van der Waals surface area contributed by atoms with Crippen molar-refractivity contribution in [3.63, 3.8) is 0 Å². The molecule has 224 valence electrons. The van der Waals surface area contributed by atoms with E-state index in [-0.39, 0.29) is 28.6 Å². The number of carbonyl (C=O) groups excluding carboxylic acids is 2. The maximum absolute atomic E-state index is 13.7. The van der Waals surface area contributed by atoms with Gasteiger partial charge in [-0.2, -0.15) is 13.2 Å². The van der Waals surface area contributed by atoms with E-state index in [2.05, 4.69) is 20.5 Å². The molecule has 0 aromatic carbocycles. The minimum Gasteiger partial charge on any atom is -0.477 e. The number of pyridine rings is 2. The van der Waals surface area contributed by atoms with Crippen LogP contribution in [0, 0.1) is 0 Å². The first-order valence-corrected chi connectivity index (χ1v) is 14.8. The summed E-state index contributed by atoms with van der Waals surface area (Å²) in [6.07, 6.45) is -1.39. The number of anilines is 1. The van der Waals surface area contributed by atoms with Crippen molar-refractivity contribution < 1.29 is 27.5 Å². The first-order chi connectivity index (χ1) is 20.2. The largest absolute Gasteiger partial charge is 0.477 e. The van der Waals surface area contributed by atoms with E-state index in [1.54, 1.807) is 17.2 Å². The molecule has 5 heterocycles.